The summed E-state index contributed by atoms with van der Waals surface area (Å²) in [5.74, 6) is 1.16. The van der Waals surface area contributed by atoms with Crippen LogP contribution in [0.2, 0.25) is 0 Å². The Labute approximate surface area is 136 Å². The predicted octanol–water partition coefficient (Wildman–Crippen LogP) is 2.93. The zero-order chi connectivity index (χ0) is 15.5. The smallest absolute Gasteiger partial charge is 0.181 e. The number of rotatable bonds is 4. The van der Waals surface area contributed by atoms with E-state index in [9.17, 15) is 0 Å². The van der Waals surface area contributed by atoms with E-state index < -0.39 is 0 Å². The first-order chi connectivity index (χ1) is 10.6. The van der Waals surface area contributed by atoms with Gasteiger partial charge >= 0.3 is 0 Å². The highest BCUT2D eigenvalue weighted by Crippen LogP contribution is 2.22. The molecule has 0 atom stereocenters. The molecule has 0 fully saturated rings. The molecule has 22 heavy (non-hydrogen) atoms. The minimum Gasteiger partial charge on any atom is -0.393 e. The van der Waals surface area contributed by atoms with Gasteiger partial charge in [-0.25, -0.2) is 14.6 Å². The number of hydrogen-bond acceptors (Lipinski definition) is 5. The van der Waals surface area contributed by atoms with Gasteiger partial charge in [0.05, 0.1) is 0 Å². The molecule has 0 spiro atoms. The number of hydrogen-bond donors (Lipinski definition) is 2. The van der Waals surface area contributed by atoms with E-state index in [1.165, 1.54) is 17.5 Å². The highest BCUT2D eigenvalue weighted by atomic mass is 79.9. The summed E-state index contributed by atoms with van der Waals surface area (Å²) in [7, 11) is 0. The Morgan fingerprint density at radius 3 is 2.95 bits per heavy atom. The van der Waals surface area contributed by atoms with Crippen LogP contribution in [-0.4, -0.2) is 19.7 Å². The van der Waals surface area contributed by atoms with Crippen molar-refractivity contribution in [2.24, 2.45) is 0 Å². The third-order valence-electron chi connectivity index (χ3n) is 3.34. The number of halogens is 1. The summed E-state index contributed by atoms with van der Waals surface area (Å²) in [6.45, 7) is 2.70. The minimum atomic E-state index is 0.471. The van der Waals surface area contributed by atoms with Gasteiger partial charge in [-0.15, -0.1) is 0 Å². The van der Waals surface area contributed by atoms with E-state index in [1.807, 2.05) is 12.1 Å². The Morgan fingerprint density at radius 2 is 2.18 bits per heavy atom. The molecule has 0 saturated carbocycles. The van der Waals surface area contributed by atoms with E-state index in [4.69, 9.17) is 5.73 Å². The van der Waals surface area contributed by atoms with E-state index in [2.05, 4.69) is 55.4 Å². The zero-order valence-corrected chi connectivity index (χ0v) is 13.6. The van der Waals surface area contributed by atoms with Crippen molar-refractivity contribution in [3.05, 3.63) is 58.6 Å². The predicted molar refractivity (Wildman–Crippen MR) is 89.8 cm³/mol. The lowest BCUT2D eigenvalue weighted by molar-refractivity contribution is 0.842. The Kier molecular flexibility index (Phi) is 4.06. The third kappa shape index (κ3) is 2.94. The summed E-state index contributed by atoms with van der Waals surface area (Å²) in [4.78, 5) is 8.40. The average molecular weight is 359 g/mol. The standard InChI is InChI=1S/C15H15BrN6/c1-10-3-4-12(16)7-11(10)8-18-14-13(17)15(20-9-19-14)22-6-2-5-21-22/h2-7,9H,8,17H2,1H3,(H,18,19,20). The van der Waals surface area contributed by atoms with Crippen molar-refractivity contribution >= 4 is 27.4 Å². The molecule has 3 N–H and O–H groups in total. The van der Waals surface area contributed by atoms with E-state index in [-0.39, 0.29) is 0 Å². The van der Waals surface area contributed by atoms with Crippen LogP contribution in [0.4, 0.5) is 11.5 Å². The average Bonchev–Trinajstić information content (AvgIpc) is 3.03. The van der Waals surface area contributed by atoms with Crippen LogP contribution in [0.5, 0.6) is 0 Å². The van der Waals surface area contributed by atoms with Crippen LogP contribution in [0, 0.1) is 6.92 Å². The van der Waals surface area contributed by atoms with Gasteiger partial charge in [0, 0.05) is 23.4 Å². The number of nitrogens with two attached hydrogens (primary N) is 1. The molecular formula is C15H15BrN6. The maximum Gasteiger partial charge on any atom is 0.181 e. The van der Waals surface area contributed by atoms with Crippen molar-refractivity contribution in [3.63, 3.8) is 0 Å². The summed E-state index contributed by atoms with van der Waals surface area (Å²) in [6, 6.07) is 7.99. The number of anilines is 2. The summed E-state index contributed by atoms with van der Waals surface area (Å²) >= 11 is 3.49. The summed E-state index contributed by atoms with van der Waals surface area (Å²) in [5, 5.41) is 7.41. The molecular weight excluding hydrogens is 344 g/mol. The Bertz CT molecular complexity index is 785. The van der Waals surface area contributed by atoms with Gasteiger partial charge in [0.1, 0.15) is 12.0 Å². The molecule has 3 rings (SSSR count). The fraction of sp³-hybridized carbons (Fsp3) is 0.133. The minimum absolute atomic E-state index is 0.471. The summed E-state index contributed by atoms with van der Waals surface area (Å²) in [5.41, 5.74) is 9.00. The molecule has 0 unspecified atom stereocenters. The second-order valence-corrected chi connectivity index (χ2v) is 5.75. The first-order valence-electron chi connectivity index (χ1n) is 6.74. The second kappa shape index (κ2) is 6.15. The van der Waals surface area contributed by atoms with Gasteiger partial charge in [-0.3, -0.25) is 0 Å². The van der Waals surface area contributed by atoms with Crippen LogP contribution in [0.1, 0.15) is 11.1 Å². The van der Waals surface area contributed by atoms with E-state index in [1.54, 1.807) is 17.1 Å². The van der Waals surface area contributed by atoms with Crippen molar-refractivity contribution < 1.29 is 0 Å². The van der Waals surface area contributed by atoms with Gasteiger partial charge in [0.2, 0.25) is 0 Å². The maximum atomic E-state index is 6.15. The van der Waals surface area contributed by atoms with E-state index in [0.717, 1.165) is 4.47 Å². The van der Waals surface area contributed by atoms with Crippen LogP contribution in [0.15, 0.2) is 47.5 Å². The fourth-order valence-electron chi connectivity index (χ4n) is 2.11. The van der Waals surface area contributed by atoms with Crippen molar-refractivity contribution in [1.29, 1.82) is 0 Å². The van der Waals surface area contributed by atoms with Crippen molar-refractivity contribution in [1.82, 2.24) is 19.7 Å². The number of nitrogens with one attached hydrogen (secondary N) is 1. The number of nitrogens with zero attached hydrogens (tertiary/aromatic N) is 4. The van der Waals surface area contributed by atoms with Crippen molar-refractivity contribution in [2.45, 2.75) is 13.5 Å². The molecule has 112 valence electrons. The quantitative estimate of drug-likeness (QED) is 0.749. The van der Waals surface area contributed by atoms with Gasteiger partial charge in [-0.1, -0.05) is 22.0 Å². The molecule has 0 aliphatic rings. The van der Waals surface area contributed by atoms with Gasteiger partial charge in [0.25, 0.3) is 0 Å². The largest absolute Gasteiger partial charge is 0.393 e. The highest BCUT2D eigenvalue weighted by molar-refractivity contribution is 9.10. The normalized spacial score (nSPS) is 10.6. The molecule has 1 aromatic carbocycles. The van der Waals surface area contributed by atoms with Crippen molar-refractivity contribution in [2.75, 3.05) is 11.1 Å². The monoisotopic (exact) mass is 358 g/mol. The highest BCUT2D eigenvalue weighted by Gasteiger charge is 2.10. The third-order valence-corrected chi connectivity index (χ3v) is 3.84. The molecule has 0 radical (unpaired) electrons. The molecule has 6 nitrogen and oxygen atoms in total. The van der Waals surface area contributed by atoms with Crippen LogP contribution < -0.4 is 11.1 Å². The Balaban J connectivity index is 1.84. The molecule has 2 aromatic heterocycles. The molecule has 2 heterocycles. The molecule has 7 heteroatoms. The molecule has 0 aliphatic heterocycles. The summed E-state index contributed by atoms with van der Waals surface area (Å²) < 4.78 is 2.66. The lowest BCUT2D eigenvalue weighted by Crippen LogP contribution is -2.10. The number of nitrogen functional groups attached to an aromatic ring is 1. The van der Waals surface area contributed by atoms with E-state index in [0.29, 0.717) is 23.9 Å². The van der Waals surface area contributed by atoms with Crippen LogP contribution in [0.3, 0.4) is 0 Å². The van der Waals surface area contributed by atoms with E-state index >= 15 is 0 Å². The Hall–Kier alpha value is -2.41. The van der Waals surface area contributed by atoms with Gasteiger partial charge < -0.3 is 11.1 Å². The van der Waals surface area contributed by atoms with Crippen LogP contribution in [0.25, 0.3) is 5.82 Å². The SMILES string of the molecule is Cc1ccc(Br)cc1CNc1ncnc(-n2cccn2)c1N. The van der Waals surface area contributed by atoms with Gasteiger partial charge in [-0.05, 0) is 36.2 Å². The van der Waals surface area contributed by atoms with Gasteiger partial charge in [0.15, 0.2) is 11.6 Å². The first-order valence-corrected chi connectivity index (χ1v) is 7.54. The zero-order valence-electron chi connectivity index (χ0n) is 12.0. The lowest BCUT2D eigenvalue weighted by atomic mass is 10.1. The second-order valence-electron chi connectivity index (χ2n) is 4.83. The number of benzene rings is 1. The lowest BCUT2D eigenvalue weighted by Gasteiger charge is -2.12. The first kappa shape index (κ1) is 14.5. The molecule has 0 amide bonds. The molecule has 0 saturated heterocycles. The topological polar surface area (TPSA) is 81.7 Å². The molecule has 0 bridgehead atoms. The number of aryl methyl sites for hydroxylation is 1. The number of aromatic nitrogens is 4. The Morgan fingerprint density at radius 1 is 1.32 bits per heavy atom. The van der Waals surface area contributed by atoms with Crippen LogP contribution >= 0.6 is 15.9 Å². The molecule has 0 aliphatic carbocycles. The summed E-state index contributed by atoms with van der Waals surface area (Å²) in [6.07, 6.45) is 4.95. The fourth-order valence-corrected chi connectivity index (χ4v) is 2.52. The van der Waals surface area contributed by atoms with Crippen LogP contribution in [-0.2, 0) is 6.54 Å². The molecule has 3 aromatic rings. The maximum absolute atomic E-state index is 6.15. The van der Waals surface area contributed by atoms with Gasteiger partial charge in [-0.2, -0.15) is 5.10 Å². The van der Waals surface area contributed by atoms with Crippen molar-refractivity contribution in [3.8, 4) is 5.82 Å².